The van der Waals surface area contributed by atoms with E-state index in [1.807, 2.05) is 10.6 Å². The van der Waals surface area contributed by atoms with E-state index in [0.29, 0.717) is 10.0 Å². The molecule has 7 rings (SSSR count). The number of rotatable bonds is 11. The monoisotopic (exact) mass is 1260 g/mol. The Morgan fingerprint density at radius 3 is 1.86 bits per heavy atom. The minimum atomic E-state index is -1.64. The van der Waals surface area contributed by atoms with Gasteiger partial charge in [0.1, 0.15) is 79.1 Å². The Morgan fingerprint density at radius 2 is 1.20 bits per heavy atom. The first-order valence-corrected chi connectivity index (χ1v) is 27.9. The number of hydrogen-bond donors (Lipinski definition) is 12. The Kier molecular flexibility index (Phi) is 20.2. The Hall–Kier alpha value is -11.2. The number of aliphatic hydroxyl groups is 1. The van der Waals surface area contributed by atoms with Gasteiger partial charge in [0.25, 0.3) is 53.2 Å². The van der Waals surface area contributed by atoms with Crippen LogP contribution in [0.3, 0.4) is 0 Å². The number of fused-ring (bicyclic) bond motifs is 13. The molecule has 3 unspecified atom stereocenters. The Bertz CT molecular complexity index is 4010. The van der Waals surface area contributed by atoms with Crippen LogP contribution >= 0.6 is 34.0 Å². The third-order valence-corrected chi connectivity index (χ3v) is 14.2. The number of nitrogens with one attached hydrogen (secondary N) is 10. The lowest BCUT2D eigenvalue weighted by Gasteiger charge is -2.21. The largest absolute Gasteiger partial charge is 0.477 e. The minimum absolute atomic E-state index is 0.0193. The van der Waals surface area contributed by atoms with Gasteiger partial charge in [0.05, 0.1) is 47.2 Å². The number of nitrogens with zero attached hydrogens (tertiary/aromatic N) is 6. The van der Waals surface area contributed by atoms with E-state index in [1.54, 1.807) is 26.8 Å². The summed E-state index contributed by atoms with van der Waals surface area (Å²) in [7, 11) is 0. The van der Waals surface area contributed by atoms with Crippen molar-refractivity contribution < 1.29 is 71.8 Å². The molecule has 0 saturated carbocycles. The normalized spacial score (nSPS) is 16.1. The number of aliphatic carboxylic acids is 1. The van der Waals surface area contributed by atoms with E-state index in [-0.39, 0.29) is 80.4 Å². The smallest absolute Gasteiger partial charge is 0.351 e. The molecule has 0 aromatic carbocycles. The number of carbonyl (C=O) groups is 11. The third kappa shape index (κ3) is 15.9. The van der Waals surface area contributed by atoms with Crippen LogP contribution in [0, 0.1) is 5.92 Å². The summed E-state index contributed by atoms with van der Waals surface area (Å²) in [6, 6.07) is 0.138. The summed E-state index contributed by atoms with van der Waals surface area (Å²) >= 11 is 3.00. The zero-order valence-electron chi connectivity index (χ0n) is 46.5. The average molecular weight is 1260 g/mol. The van der Waals surface area contributed by atoms with Crippen molar-refractivity contribution in [3.63, 3.8) is 0 Å². The fourth-order valence-corrected chi connectivity index (χ4v) is 9.41. The number of carboxylic acid groups (broad SMARTS) is 1. The topological polar surface area (TPSA) is 452 Å². The maximum atomic E-state index is 13.9. The second-order valence-electron chi connectivity index (χ2n) is 18.7. The van der Waals surface area contributed by atoms with Crippen LogP contribution in [0.1, 0.15) is 108 Å². The number of allylic oxidation sites excluding steroid dienone is 1. The van der Waals surface area contributed by atoms with E-state index in [4.69, 9.17) is 13.9 Å². The van der Waals surface area contributed by atoms with E-state index in [9.17, 15) is 57.8 Å². The molecule has 0 radical (unpaired) electrons. The zero-order chi connectivity index (χ0) is 64.4. The highest BCUT2D eigenvalue weighted by atomic mass is 32.1. The minimum Gasteiger partial charge on any atom is -0.477 e. The molecule has 1 aliphatic rings. The summed E-state index contributed by atoms with van der Waals surface area (Å²) in [5, 5.41) is 48.1. The number of carbonyl (C=O) groups excluding carboxylic acids is 10. The van der Waals surface area contributed by atoms with Crippen molar-refractivity contribution in [3.05, 3.63) is 165 Å². The van der Waals surface area contributed by atoms with Crippen LogP contribution in [-0.2, 0) is 35.3 Å². The number of pyridine rings is 1. The molecule has 0 saturated heterocycles. The first-order chi connectivity index (χ1) is 41.6. The summed E-state index contributed by atoms with van der Waals surface area (Å²) in [5.74, 6) is -11.9. The molecule has 12 N–H and O–H groups in total. The highest BCUT2D eigenvalue weighted by Crippen LogP contribution is 2.34. The lowest BCUT2D eigenvalue weighted by atomic mass is 10.1. The van der Waals surface area contributed by atoms with E-state index in [2.05, 4.69) is 112 Å². The number of carboxylic acids is 1. The molecule has 6 aromatic rings. The summed E-state index contributed by atoms with van der Waals surface area (Å²) in [6.45, 7) is 27.1. The van der Waals surface area contributed by atoms with Crippen LogP contribution in [-0.4, -0.2) is 117 Å². The molecular weight excluding hydrogens is 1210 g/mol. The van der Waals surface area contributed by atoms with E-state index in [1.165, 1.54) is 35.2 Å². The van der Waals surface area contributed by atoms with Gasteiger partial charge in [-0.15, -0.1) is 34.0 Å². The van der Waals surface area contributed by atoms with Gasteiger partial charge in [-0.3, -0.25) is 47.9 Å². The highest BCUT2D eigenvalue weighted by molar-refractivity contribution is 7.13. The van der Waals surface area contributed by atoms with Gasteiger partial charge in [0.2, 0.25) is 17.7 Å². The first-order valence-electron chi connectivity index (χ1n) is 25.2. The number of amides is 10. The number of aromatic nitrogens is 6. The van der Waals surface area contributed by atoms with E-state index in [0.717, 1.165) is 46.5 Å². The number of hydrogen-bond acceptors (Lipinski definition) is 23. The predicted octanol–water partition coefficient (Wildman–Crippen LogP) is 2.04. The average Bonchev–Trinajstić information content (AvgIpc) is 2.61. The van der Waals surface area contributed by atoms with Gasteiger partial charge in [0, 0.05) is 21.7 Å². The maximum absolute atomic E-state index is 13.9. The van der Waals surface area contributed by atoms with Crippen molar-refractivity contribution >= 4 is 110 Å². The standard InChI is InChI=1S/C54H50N16O15S3/c1-20(2)13-31-51-67-33(16-85-51)44(76)55-14-37-63-34(17-86-37)46(78)61-26(8)52-68-35(18-87-52)47(79)59-24(6)42(74)60-25(7)50-66-32(15-84-50)39-29(53-69-36(19-88-53)48(80)70-38(28(10)71)49(81)65-31)11-12-30(64-39)45(77)58-23(5)41(73)56-21(3)40(72)57-22(4)43(75)62-27(9)54(82)83/h11-13,15-20,26,28,38,71H,3-7,9,14H2,1-2,8,10H3,(H,55,76)(H,56,73)(H,57,72)(H,58,77)(H,59,79)(H,60,74)(H,61,78)(H,62,75)(H,65,81)(H,70,80)(H,82,83)/b31-13-. The maximum Gasteiger partial charge on any atom is 0.351 e. The fourth-order valence-electron chi connectivity index (χ4n) is 7.06. The Labute approximate surface area is 508 Å². The molecule has 7 heterocycles. The van der Waals surface area contributed by atoms with Gasteiger partial charge in [0.15, 0.2) is 5.69 Å². The van der Waals surface area contributed by atoms with Crippen molar-refractivity contribution in [1.82, 2.24) is 83.1 Å². The van der Waals surface area contributed by atoms with E-state index >= 15 is 0 Å². The fraction of sp³-hybridized carbons (Fsp3) is 0.167. The molecule has 1 aliphatic heterocycles. The molecule has 34 heteroatoms. The highest BCUT2D eigenvalue weighted by Gasteiger charge is 2.31. The van der Waals surface area contributed by atoms with Gasteiger partial charge in [-0.1, -0.05) is 59.4 Å². The lowest BCUT2D eigenvalue weighted by molar-refractivity contribution is -0.134. The third-order valence-electron chi connectivity index (χ3n) is 11.5. The van der Waals surface area contributed by atoms with Crippen LogP contribution in [0.4, 0.5) is 0 Å². The van der Waals surface area contributed by atoms with Crippen molar-refractivity contribution in [2.24, 2.45) is 5.92 Å². The predicted molar refractivity (Wildman–Crippen MR) is 312 cm³/mol. The van der Waals surface area contributed by atoms with Gasteiger partial charge in [-0.05, 0) is 31.9 Å². The van der Waals surface area contributed by atoms with Crippen molar-refractivity contribution in [2.45, 2.75) is 52.4 Å². The molecule has 10 bridgehead atoms. The molecule has 0 spiro atoms. The second-order valence-corrected chi connectivity index (χ2v) is 21.4. The van der Waals surface area contributed by atoms with Gasteiger partial charge >= 0.3 is 5.97 Å². The lowest BCUT2D eigenvalue weighted by Crippen LogP contribution is -2.52. The van der Waals surface area contributed by atoms with Crippen LogP contribution in [0.2, 0.25) is 0 Å². The van der Waals surface area contributed by atoms with Gasteiger partial charge in [-0.2, -0.15) is 0 Å². The zero-order valence-corrected chi connectivity index (χ0v) is 48.9. The molecule has 3 atom stereocenters. The van der Waals surface area contributed by atoms with Crippen molar-refractivity contribution in [1.29, 1.82) is 0 Å². The Balaban J connectivity index is 1.17. The number of oxazole rings is 2. The molecule has 454 valence electrons. The summed E-state index contributed by atoms with van der Waals surface area (Å²) in [4.78, 5) is 170. The molecule has 88 heavy (non-hydrogen) atoms. The summed E-state index contributed by atoms with van der Waals surface area (Å²) in [6.07, 6.45) is 2.12. The van der Waals surface area contributed by atoms with Crippen LogP contribution in [0.15, 0.2) is 124 Å². The molecule has 0 aliphatic carbocycles. The van der Waals surface area contributed by atoms with Crippen molar-refractivity contribution in [2.75, 3.05) is 0 Å². The summed E-state index contributed by atoms with van der Waals surface area (Å²) < 4.78 is 11.3. The molecular formula is C54H50N16O15S3. The SMILES string of the molecule is C=C(NC(=O)C(=C)NC(=O)C(=C)NC(=O)C(=C)NC(=O)c1ccc2c(n1)-c1coc(n1)C(=C)NC(=O)C(=C)NC(=O)c1csc(n1)C(C)NC(=O)c1csc(n1)CNC(=O)c1coc(n1)/C(=C/C(C)C)NC(=O)C(C(C)O)NC(=O)c1csc-2n1)C(=O)O. The Morgan fingerprint density at radius 1 is 0.636 bits per heavy atom. The molecule has 31 nitrogen and oxygen atoms in total. The van der Waals surface area contributed by atoms with Gasteiger partial charge in [-0.25, -0.2) is 34.7 Å². The quantitative estimate of drug-likeness (QED) is 0.0826. The van der Waals surface area contributed by atoms with Crippen molar-refractivity contribution in [3.8, 4) is 22.0 Å². The van der Waals surface area contributed by atoms with Gasteiger partial charge < -0.3 is 72.2 Å². The van der Waals surface area contributed by atoms with E-state index < -0.39 is 117 Å². The summed E-state index contributed by atoms with van der Waals surface area (Å²) in [5.41, 5.74) is -4.69. The van der Waals surface area contributed by atoms with Crippen LogP contribution in [0.25, 0.3) is 33.4 Å². The number of thiazole rings is 3. The molecule has 6 aromatic heterocycles. The number of aliphatic hydroxyl groups excluding tert-OH is 1. The first kappa shape index (κ1) is 64.3. The second kappa shape index (κ2) is 27.7. The van der Waals surface area contributed by atoms with Crippen LogP contribution in [0.5, 0.6) is 0 Å². The molecule has 10 amide bonds. The van der Waals surface area contributed by atoms with Crippen LogP contribution < -0.4 is 53.2 Å². The molecule has 0 fully saturated rings.